The summed E-state index contributed by atoms with van der Waals surface area (Å²) in [7, 11) is -3.63. The van der Waals surface area contributed by atoms with Crippen LogP contribution in [0.2, 0.25) is 0 Å². The Balaban J connectivity index is 1.53. The van der Waals surface area contributed by atoms with Crippen LogP contribution < -0.4 is 0 Å². The zero-order valence-corrected chi connectivity index (χ0v) is 15.9. The Labute approximate surface area is 158 Å². The Hall–Kier alpha value is -1.73. The average Bonchev–Trinajstić information content (AvgIpc) is 3.00. The fourth-order valence-corrected chi connectivity index (χ4v) is 7.39. The van der Waals surface area contributed by atoms with E-state index in [1.165, 1.54) is 5.56 Å². The van der Waals surface area contributed by atoms with Gasteiger partial charge >= 0.3 is 0 Å². The van der Waals surface area contributed by atoms with E-state index in [9.17, 15) is 8.42 Å². The minimum absolute atomic E-state index is 0.168. The molecule has 6 rings (SSSR count). The number of aryl methyl sites for hydroxylation is 1. The fraction of sp³-hybridized carbons (Fsp3) is 0.429. The van der Waals surface area contributed by atoms with E-state index in [0.717, 1.165) is 17.5 Å². The van der Waals surface area contributed by atoms with Crippen LogP contribution in [-0.2, 0) is 30.7 Å². The van der Waals surface area contributed by atoms with Crippen LogP contribution in [0.25, 0.3) is 0 Å². The third kappa shape index (κ3) is 1.82. The van der Waals surface area contributed by atoms with Gasteiger partial charge in [0.25, 0.3) is 0 Å². The van der Waals surface area contributed by atoms with Crippen molar-refractivity contribution < 1.29 is 17.9 Å². The van der Waals surface area contributed by atoms with Crippen LogP contribution in [0.1, 0.15) is 23.1 Å². The van der Waals surface area contributed by atoms with Crippen LogP contribution in [-0.4, -0.2) is 38.5 Å². The maximum absolute atomic E-state index is 13.6. The molecule has 3 fully saturated rings. The van der Waals surface area contributed by atoms with Gasteiger partial charge in [-0.1, -0.05) is 42.0 Å². The molecule has 5 nitrogen and oxygen atoms in total. The van der Waals surface area contributed by atoms with Crippen molar-refractivity contribution in [2.75, 3.05) is 19.8 Å². The molecule has 2 heterocycles. The number of benzene rings is 2. The smallest absolute Gasteiger partial charge is 0.243 e. The second-order valence-corrected chi connectivity index (χ2v) is 10.0. The summed E-state index contributed by atoms with van der Waals surface area (Å²) < 4.78 is 41.1. The lowest BCUT2D eigenvalue weighted by Crippen LogP contribution is -2.52. The zero-order valence-electron chi connectivity index (χ0n) is 15.1. The quantitative estimate of drug-likeness (QED) is 0.800. The number of fused-ring (bicyclic) bond motifs is 3. The summed E-state index contributed by atoms with van der Waals surface area (Å²) in [5.41, 5.74) is 3.10. The van der Waals surface area contributed by atoms with Crippen molar-refractivity contribution in [3.63, 3.8) is 0 Å². The van der Waals surface area contributed by atoms with Crippen LogP contribution in [0.5, 0.6) is 0 Å². The van der Waals surface area contributed by atoms with E-state index >= 15 is 0 Å². The van der Waals surface area contributed by atoms with Crippen LogP contribution in [0.15, 0.2) is 53.4 Å². The number of hydrogen-bond donors (Lipinski definition) is 0. The molecule has 2 aliphatic carbocycles. The van der Waals surface area contributed by atoms with Crippen LogP contribution >= 0.6 is 0 Å². The molecule has 2 aromatic rings. The number of rotatable bonds is 2. The van der Waals surface area contributed by atoms with Crippen molar-refractivity contribution in [1.82, 2.24) is 4.31 Å². The predicted molar refractivity (Wildman–Crippen MR) is 98.7 cm³/mol. The molecule has 4 aliphatic rings. The zero-order chi connectivity index (χ0) is 18.4. The maximum atomic E-state index is 13.6. The summed E-state index contributed by atoms with van der Waals surface area (Å²) in [6.45, 7) is 3.47. The molecular formula is C21H21NO4S. The molecule has 0 bridgehead atoms. The van der Waals surface area contributed by atoms with Gasteiger partial charge in [-0.2, -0.15) is 4.31 Å². The summed E-state index contributed by atoms with van der Waals surface area (Å²) in [6, 6.07) is 15.0. The Morgan fingerprint density at radius 2 is 1.67 bits per heavy atom. The van der Waals surface area contributed by atoms with Gasteiger partial charge in [-0.15, -0.1) is 0 Å². The van der Waals surface area contributed by atoms with Gasteiger partial charge in [0.05, 0.1) is 24.2 Å². The van der Waals surface area contributed by atoms with Crippen LogP contribution in [0.3, 0.4) is 0 Å². The van der Waals surface area contributed by atoms with Crippen molar-refractivity contribution in [1.29, 1.82) is 0 Å². The van der Waals surface area contributed by atoms with Crippen molar-refractivity contribution in [3.05, 3.63) is 65.2 Å². The summed E-state index contributed by atoms with van der Waals surface area (Å²) in [6.07, 6.45) is 1.00. The second kappa shape index (κ2) is 5.00. The van der Waals surface area contributed by atoms with Gasteiger partial charge in [0.15, 0.2) is 0 Å². The first-order valence-electron chi connectivity index (χ1n) is 9.46. The Bertz CT molecular complexity index is 1040. The summed E-state index contributed by atoms with van der Waals surface area (Å²) >= 11 is 0. The molecule has 140 valence electrons. The highest BCUT2D eigenvalue weighted by molar-refractivity contribution is 7.89. The lowest BCUT2D eigenvalue weighted by molar-refractivity contribution is -0.194. The molecule has 0 unspecified atom stereocenters. The van der Waals surface area contributed by atoms with E-state index < -0.39 is 15.8 Å². The Morgan fingerprint density at radius 1 is 1.00 bits per heavy atom. The van der Waals surface area contributed by atoms with Crippen molar-refractivity contribution in [2.24, 2.45) is 5.92 Å². The van der Waals surface area contributed by atoms with Crippen molar-refractivity contribution in [3.8, 4) is 0 Å². The lowest BCUT2D eigenvalue weighted by atomic mass is 9.94. The number of nitrogens with zero attached hydrogens (tertiary/aromatic N) is 1. The second-order valence-electron chi connectivity index (χ2n) is 8.14. The third-order valence-electron chi connectivity index (χ3n) is 6.84. The van der Waals surface area contributed by atoms with Gasteiger partial charge in [-0.25, -0.2) is 8.42 Å². The van der Waals surface area contributed by atoms with E-state index in [1.807, 2.05) is 37.3 Å². The maximum Gasteiger partial charge on any atom is 0.243 e. The first kappa shape index (κ1) is 16.2. The number of ether oxygens (including phenoxy) is 2. The molecule has 2 spiro atoms. The van der Waals surface area contributed by atoms with E-state index in [1.54, 1.807) is 16.4 Å². The molecule has 0 radical (unpaired) electrons. The highest BCUT2D eigenvalue weighted by atomic mass is 32.2. The summed E-state index contributed by atoms with van der Waals surface area (Å²) in [5, 5.41) is 0. The predicted octanol–water partition coefficient (Wildman–Crippen LogP) is 2.54. The molecule has 2 aromatic carbocycles. The molecule has 0 aromatic heterocycles. The van der Waals surface area contributed by atoms with Gasteiger partial charge in [-0.05, 0) is 37.0 Å². The standard InChI is InChI=1S/C21H21NO4S/c1-14-6-8-16(9-7-14)27(23,24)22-13-15-12-20(15)17-4-2-3-5-18(17)21(19(20)22)25-10-11-26-21/h2-9,15,19H,10-13H2,1H3/t15-,19-,20-/m0/s1. The molecule has 0 N–H and O–H groups in total. The SMILES string of the molecule is Cc1ccc(S(=O)(=O)N2C[C@@H]3C[C@@]34c3ccccc3C3(OCCO3)[C@@H]24)cc1. The minimum atomic E-state index is -3.63. The minimum Gasteiger partial charge on any atom is -0.342 e. The molecular weight excluding hydrogens is 362 g/mol. The van der Waals surface area contributed by atoms with E-state index in [-0.39, 0.29) is 11.5 Å². The number of sulfonamides is 1. The largest absolute Gasteiger partial charge is 0.342 e. The van der Waals surface area contributed by atoms with Gasteiger partial charge in [-0.3, -0.25) is 0 Å². The Morgan fingerprint density at radius 3 is 2.37 bits per heavy atom. The molecule has 2 saturated heterocycles. The monoisotopic (exact) mass is 383 g/mol. The van der Waals surface area contributed by atoms with Gasteiger partial charge in [0.2, 0.25) is 15.8 Å². The molecule has 6 heteroatoms. The van der Waals surface area contributed by atoms with E-state index in [0.29, 0.717) is 30.6 Å². The average molecular weight is 383 g/mol. The number of hydrogen-bond acceptors (Lipinski definition) is 4. The van der Waals surface area contributed by atoms with Crippen LogP contribution in [0.4, 0.5) is 0 Å². The molecule has 27 heavy (non-hydrogen) atoms. The topological polar surface area (TPSA) is 55.8 Å². The van der Waals surface area contributed by atoms with E-state index in [4.69, 9.17) is 9.47 Å². The molecule has 1 saturated carbocycles. The Kier molecular flexibility index (Phi) is 3.01. The first-order chi connectivity index (χ1) is 13.0. The molecule has 3 atom stereocenters. The van der Waals surface area contributed by atoms with Crippen LogP contribution in [0, 0.1) is 12.8 Å². The first-order valence-corrected chi connectivity index (χ1v) is 10.9. The fourth-order valence-electron chi connectivity index (χ4n) is 5.66. The lowest BCUT2D eigenvalue weighted by Gasteiger charge is -2.37. The van der Waals surface area contributed by atoms with Crippen molar-refractivity contribution >= 4 is 10.0 Å². The van der Waals surface area contributed by atoms with Gasteiger partial charge < -0.3 is 9.47 Å². The van der Waals surface area contributed by atoms with Gasteiger partial charge in [0.1, 0.15) is 0 Å². The summed E-state index contributed by atoms with van der Waals surface area (Å²) in [5.74, 6) is -0.643. The number of piperidine rings is 1. The third-order valence-corrected chi connectivity index (χ3v) is 8.68. The molecule has 0 amide bonds. The van der Waals surface area contributed by atoms with Crippen molar-refractivity contribution in [2.45, 2.75) is 35.5 Å². The highest BCUT2D eigenvalue weighted by Crippen LogP contribution is 2.72. The summed E-state index contributed by atoms with van der Waals surface area (Å²) in [4.78, 5) is 0.341. The van der Waals surface area contributed by atoms with Gasteiger partial charge in [0, 0.05) is 17.5 Å². The normalized spacial score (nSPS) is 33.1. The molecule has 2 aliphatic heterocycles. The highest BCUT2D eigenvalue weighted by Gasteiger charge is 2.79. The van der Waals surface area contributed by atoms with E-state index in [2.05, 4.69) is 6.07 Å².